The zero-order chi connectivity index (χ0) is 18.9. The Balaban J connectivity index is 1.58. The molecule has 2 aliphatic rings. The third-order valence-electron chi connectivity index (χ3n) is 5.74. The van der Waals surface area contributed by atoms with Crippen LogP contribution in [0.2, 0.25) is 0 Å². The highest BCUT2D eigenvalue weighted by Gasteiger charge is 2.58. The minimum Gasteiger partial charge on any atom is -0.491 e. The van der Waals surface area contributed by atoms with Crippen LogP contribution in [-0.2, 0) is 14.9 Å². The molecule has 27 heavy (non-hydrogen) atoms. The summed E-state index contributed by atoms with van der Waals surface area (Å²) in [6.45, 7) is 7.35. The van der Waals surface area contributed by atoms with Gasteiger partial charge in [0.05, 0.1) is 13.2 Å². The summed E-state index contributed by atoms with van der Waals surface area (Å²) in [6.07, 6.45) is 4.38. The molecule has 0 amide bonds. The molecule has 142 valence electrons. The van der Waals surface area contributed by atoms with Crippen molar-refractivity contribution in [3.05, 3.63) is 65.7 Å². The van der Waals surface area contributed by atoms with Gasteiger partial charge in [-0.15, -0.1) is 0 Å². The lowest BCUT2D eigenvalue weighted by molar-refractivity contribution is 0.000337. The van der Waals surface area contributed by atoms with Crippen LogP contribution in [0.15, 0.2) is 54.6 Å². The van der Waals surface area contributed by atoms with Crippen LogP contribution < -0.4 is 9.64 Å². The fourth-order valence-corrected chi connectivity index (χ4v) is 4.26. The van der Waals surface area contributed by atoms with E-state index in [-0.39, 0.29) is 5.41 Å². The smallest absolute Gasteiger partial charge is 0.170 e. The average Bonchev–Trinajstić information content (AvgIpc) is 3.19. The van der Waals surface area contributed by atoms with Gasteiger partial charge in [0.2, 0.25) is 0 Å². The molecular weight excluding hydrogens is 338 g/mol. The molecule has 0 spiro atoms. The van der Waals surface area contributed by atoms with E-state index in [1.54, 1.807) is 7.11 Å². The fourth-order valence-electron chi connectivity index (χ4n) is 4.26. The number of para-hydroxylation sites is 1. The van der Waals surface area contributed by atoms with Crippen LogP contribution in [-0.4, -0.2) is 39.2 Å². The van der Waals surface area contributed by atoms with Gasteiger partial charge in [-0.05, 0) is 35.4 Å². The van der Waals surface area contributed by atoms with Crippen molar-refractivity contribution >= 4 is 11.8 Å². The summed E-state index contributed by atoms with van der Waals surface area (Å²) in [5.74, 6) is 0.856. The van der Waals surface area contributed by atoms with E-state index < -0.39 is 5.72 Å². The summed E-state index contributed by atoms with van der Waals surface area (Å²) in [5.41, 5.74) is 3.19. The number of ether oxygens (including phenoxy) is 3. The molecule has 0 N–H and O–H groups in total. The van der Waals surface area contributed by atoms with Gasteiger partial charge in [-0.2, -0.15) is 0 Å². The highest BCUT2D eigenvalue weighted by atomic mass is 16.5. The van der Waals surface area contributed by atoms with Crippen molar-refractivity contribution < 1.29 is 14.2 Å². The van der Waals surface area contributed by atoms with Gasteiger partial charge in [0.1, 0.15) is 12.4 Å². The zero-order valence-corrected chi connectivity index (χ0v) is 16.3. The summed E-state index contributed by atoms with van der Waals surface area (Å²) < 4.78 is 17.0. The van der Waals surface area contributed by atoms with Gasteiger partial charge in [-0.25, -0.2) is 0 Å². The Kier molecular flexibility index (Phi) is 4.70. The quantitative estimate of drug-likeness (QED) is 0.716. The Morgan fingerprint density at radius 3 is 2.63 bits per heavy atom. The van der Waals surface area contributed by atoms with Crippen LogP contribution >= 0.6 is 0 Å². The predicted octanol–water partition coefficient (Wildman–Crippen LogP) is 4.25. The maximum Gasteiger partial charge on any atom is 0.170 e. The second-order valence-corrected chi connectivity index (χ2v) is 7.58. The molecule has 4 heteroatoms. The lowest BCUT2D eigenvalue weighted by Crippen LogP contribution is -2.51. The summed E-state index contributed by atoms with van der Waals surface area (Å²) >= 11 is 0. The molecule has 0 aromatic heterocycles. The van der Waals surface area contributed by atoms with Crippen LogP contribution in [0.1, 0.15) is 25.0 Å². The second-order valence-electron chi connectivity index (χ2n) is 7.58. The molecule has 1 fully saturated rings. The highest BCUT2D eigenvalue weighted by molar-refractivity contribution is 5.69. The number of nitrogens with zero attached hydrogens (tertiary/aromatic N) is 1. The molecule has 2 aliphatic heterocycles. The number of hydrogen-bond acceptors (Lipinski definition) is 4. The number of rotatable bonds is 6. The van der Waals surface area contributed by atoms with Crippen LogP contribution in [0, 0.1) is 0 Å². The molecule has 1 unspecified atom stereocenters. The molecule has 2 aromatic rings. The molecule has 4 rings (SSSR count). The number of methoxy groups -OCH3 is 1. The van der Waals surface area contributed by atoms with Crippen molar-refractivity contribution in [2.75, 3.05) is 38.4 Å². The van der Waals surface area contributed by atoms with E-state index in [0.29, 0.717) is 13.2 Å². The van der Waals surface area contributed by atoms with Gasteiger partial charge in [0, 0.05) is 24.8 Å². The van der Waals surface area contributed by atoms with Crippen LogP contribution in [0.4, 0.5) is 5.69 Å². The van der Waals surface area contributed by atoms with E-state index in [2.05, 4.69) is 67.3 Å². The molecule has 0 aliphatic carbocycles. The van der Waals surface area contributed by atoms with E-state index >= 15 is 0 Å². The van der Waals surface area contributed by atoms with Crippen molar-refractivity contribution in [2.45, 2.75) is 25.0 Å². The molecule has 0 bridgehead atoms. The largest absolute Gasteiger partial charge is 0.491 e. The monoisotopic (exact) mass is 365 g/mol. The first-order valence-corrected chi connectivity index (χ1v) is 9.51. The molecule has 2 heterocycles. The topological polar surface area (TPSA) is 30.9 Å². The van der Waals surface area contributed by atoms with Crippen molar-refractivity contribution in [3.63, 3.8) is 0 Å². The number of benzene rings is 2. The van der Waals surface area contributed by atoms with Crippen molar-refractivity contribution in [1.82, 2.24) is 0 Å². The Labute approximate surface area is 161 Å². The minimum atomic E-state index is -0.440. The normalized spacial score (nSPS) is 22.9. The number of fused-ring (bicyclic) bond motifs is 3. The van der Waals surface area contributed by atoms with Gasteiger partial charge in [-0.3, -0.25) is 0 Å². The van der Waals surface area contributed by atoms with Gasteiger partial charge in [0.25, 0.3) is 0 Å². The molecule has 4 nitrogen and oxygen atoms in total. The maximum absolute atomic E-state index is 6.37. The van der Waals surface area contributed by atoms with Crippen LogP contribution in [0.3, 0.4) is 0 Å². The molecule has 2 aromatic carbocycles. The van der Waals surface area contributed by atoms with Gasteiger partial charge in [0.15, 0.2) is 5.72 Å². The van der Waals surface area contributed by atoms with E-state index in [4.69, 9.17) is 14.2 Å². The van der Waals surface area contributed by atoms with Gasteiger partial charge < -0.3 is 19.1 Å². The van der Waals surface area contributed by atoms with E-state index in [0.717, 1.165) is 24.5 Å². The average molecular weight is 365 g/mol. The van der Waals surface area contributed by atoms with Gasteiger partial charge in [-0.1, -0.05) is 50.3 Å². The molecule has 0 radical (unpaired) electrons. The predicted molar refractivity (Wildman–Crippen MR) is 108 cm³/mol. The maximum atomic E-state index is 6.37. The minimum absolute atomic E-state index is 0.125. The molecule has 1 saturated heterocycles. The van der Waals surface area contributed by atoms with Crippen LogP contribution in [0.5, 0.6) is 5.75 Å². The standard InChI is InChI=1S/C23H27NO3/c1-22(2)20-6-4-5-7-21(20)24-14-15-27-23(22,24)13-12-18-8-10-19(11-9-18)26-17-16-25-3/h4-13H,14-17H2,1-3H3. The van der Waals surface area contributed by atoms with Gasteiger partial charge >= 0.3 is 0 Å². The first kappa shape index (κ1) is 18.1. The number of anilines is 1. The summed E-state index contributed by atoms with van der Waals surface area (Å²) in [4.78, 5) is 2.40. The van der Waals surface area contributed by atoms with E-state index in [9.17, 15) is 0 Å². The lowest BCUT2D eigenvalue weighted by atomic mass is 9.77. The Morgan fingerprint density at radius 2 is 1.85 bits per heavy atom. The number of hydrogen-bond donors (Lipinski definition) is 0. The summed E-state index contributed by atoms with van der Waals surface area (Å²) in [5, 5.41) is 0. The van der Waals surface area contributed by atoms with Crippen LogP contribution in [0.25, 0.3) is 6.08 Å². The first-order chi connectivity index (χ1) is 13.1. The first-order valence-electron chi connectivity index (χ1n) is 9.51. The Morgan fingerprint density at radius 1 is 1.07 bits per heavy atom. The molecular formula is C23H27NO3. The summed E-state index contributed by atoms with van der Waals surface area (Å²) in [7, 11) is 1.67. The Bertz CT molecular complexity index is 828. The van der Waals surface area contributed by atoms with Crippen molar-refractivity contribution in [3.8, 4) is 5.75 Å². The van der Waals surface area contributed by atoms with E-state index in [1.165, 1.54) is 11.3 Å². The molecule has 0 saturated carbocycles. The summed E-state index contributed by atoms with van der Waals surface area (Å²) in [6, 6.07) is 16.8. The van der Waals surface area contributed by atoms with E-state index in [1.807, 2.05) is 12.1 Å². The Hall–Kier alpha value is -2.30. The highest BCUT2D eigenvalue weighted by Crippen LogP contribution is 2.54. The fraction of sp³-hybridized carbons (Fsp3) is 0.391. The SMILES string of the molecule is COCCOc1ccc(C=CC23OCCN2c2ccccc2C3(C)C)cc1. The molecule has 1 atom stereocenters. The van der Waals surface area contributed by atoms with Crippen molar-refractivity contribution in [2.24, 2.45) is 0 Å². The second kappa shape index (κ2) is 7.02. The van der Waals surface area contributed by atoms with Crippen molar-refractivity contribution in [1.29, 1.82) is 0 Å². The third kappa shape index (κ3) is 2.93. The zero-order valence-electron chi connectivity index (χ0n) is 16.3. The lowest BCUT2D eigenvalue weighted by Gasteiger charge is -2.39. The third-order valence-corrected chi connectivity index (χ3v) is 5.74.